The van der Waals surface area contributed by atoms with Crippen molar-refractivity contribution in [1.29, 1.82) is 0 Å². The van der Waals surface area contributed by atoms with Gasteiger partial charge in [0, 0.05) is 32.0 Å². The van der Waals surface area contributed by atoms with E-state index in [0.717, 1.165) is 11.1 Å². The number of hydrogen-bond donors (Lipinski definition) is 0. The lowest BCUT2D eigenvalue weighted by atomic mass is 9.89. The van der Waals surface area contributed by atoms with Crippen LogP contribution in [0.5, 0.6) is 0 Å². The fourth-order valence-corrected chi connectivity index (χ4v) is 4.16. The van der Waals surface area contributed by atoms with Crippen LogP contribution < -0.4 is 0 Å². The smallest absolute Gasteiger partial charge is 0.326 e. The van der Waals surface area contributed by atoms with Gasteiger partial charge in [-0.1, -0.05) is 36.4 Å². The lowest BCUT2D eigenvalue weighted by Gasteiger charge is -2.33. The SMILES string of the molecule is COC(=O)[C@]1(C)C[C@H](C(=O)N(C)Cc2cccnc2)[C@H](c2ccccc2)N1C. The molecule has 2 heterocycles. The van der Waals surface area contributed by atoms with E-state index in [-0.39, 0.29) is 23.8 Å². The van der Waals surface area contributed by atoms with Crippen LogP contribution in [0.1, 0.15) is 30.5 Å². The molecule has 1 aliphatic rings. The summed E-state index contributed by atoms with van der Waals surface area (Å²) in [6.07, 6.45) is 3.88. The van der Waals surface area contributed by atoms with Gasteiger partial charge in [-0.3, -0.25) is 19.5 Å². The van der Waals surface area contributed by atoms with Gasteiger partial charge in [0.05, 0.1) is 13.0 Å². The number of ether oxygens (including phenoxy) is 1. The number of pyridine rings is 1. The molecular formula is C22H27N3O3. The number of esters is 1. The van der Waals surface area contributed by atoms with Gasteiger partial charge in [-0.15, -0.1) is 0 Å². The molecule has 0 aliphatic carbocycles. The monoisotopic (exact) mass is 381 g/mol. The average molecular weight is 381 g/mol. The number of hydrogen-bond acceptors (Lipinski definition) is 5. The minimum absolute atomic E-state index is 0.0113. The van der Waals surface area contributed by atoms with Gasteiger partial charge in [0.1, 0.15) is 5.54 Å². The van der Waals surface area contributed by atoms with Gasteiger partial charge in [0.2, 0.25) is 5.91 Å². The average Bonchev–Trinajstić information content (AvgIpc) is 3.00. The highest BCUT2D eigenvalue weighted by molar-refractivity contribution is 5.86. The molecule has 1 aliphatic heterocycles. The summed E-state index contributed by atoms with van der Waals surface area (Å²) >= 11 is 0. The quantitative estimate of drug-likeness (QED) is 0.745. The van der Waals surface area contributed by atoms with E-state index in [2.05, 4.69) is 4.98 Å². The summed E-state index contributed by atoms with van der Waals surface area (Å²) in [5.74, 6) is -0.656. The standard InChI is InChI=1S/C22H27N3O3/c1-22(21(27)28-4)13-18(19(25(22)3)17-10-6-5-7-11-17)20(26)24(2)15-16-9-8-12-23-14-16/h5-12,14,18-19H,13,15H2,1-4H3/t18-,19-,22-/m0/s1. The number of rotatable bonds is 5. The Kier molecular flexibility index (Phi) is 5.79. The highest BCUT2D eigenvalue weighted by atomic mass is 16.5. The summed E-state index contributed by atoms with van der Waals surface area (Å²) in [6, 6.07) is 13.5. The molecule has 0 unspecified atom stereocenters. The zero-order valence-corrected chi connectivity index (χ0v) is 16.8. The van der Waals surface area contributed by atoms with Crippen LogP contribution in [0, 0.1) is 5.92 Å². The zero-order chi connectivity index (χ0) is 20.3. The molecule has 1 fully saturated rings. The molecule has 1 amide bonds. The Balaban J connectivity index is 1.91. The molecule has 1 aromatic heterocycles. The molecule has 0 bridgehead atoms. The van der Waals surface area contributed by atoms with Crippen LogP contribution in [0.15, 0.2) is 54.9 Å². The van der Waals surface area contributed by atoms with E-state index in [1.165, 1.54) is 7.11 Å². The molecule has 0 N–H and O–H groups in total. The highest BCUT2D eigenvalue weighted by Gasteiger charge is 2.55. The van der Waals surface area contributed by atoms with Crippen molar-refractivity contribution in [2.24, 2.45) is 5.92 Å². The maximum Gasteiger partial charge on any atom is 0.326 e. The second kappa shape index (κ2) is 8.10. The summed E-state index contributed by atoms with van der Waals surface area (Å²) in [5, 5.41) is 0. The summed E-state index contributed by atoms with van der Waals surface area (Å²) < 4.78 is 5.06. The van der Waals surface area contributed by atoms with Crippen LogP contribution in [-0.4, -0.2) is 53.4 Å². The number of likely N-dealkylation sites (N-methyl/N-ethyl adjacent to an activating group) is 1. The second-order valence-electron chi connectivity index (χ2n) is 7.60. The zero-order valence-electron chi connectivity index (χ0n) is 16.8. The van der Waals surface area contributed by atoms with Crippen molar-refractivity contribution >= 4 is 11.9 Å². The van der Waals surface area contributed by atoms with Crippen LogP contribution in [-0.2, 0) is 20.9 Å². The fourth-order valence-electron chi connectivity index (χ4n) is 4.16. The van der Waals surface area contributed by atoms with Gasteiger partial charge in [-0.2, -0.15) is 0 Å². The summed E-state index contributed by atoms with van der Waals surface area (Å²) in [5.41, 5.74) is 1.13. The van der Waals surface area contributed by atoms with Crippen LogP contribution in [0.2, 0.25) is 0 Å². The highest BCUT2D eigenvalue weighted by Crippen LogP contribution is 2.46. The Bertz CT molecular complexity index is 827. The molecule has 28 heavy (non-hydrogen) atoms. The minimum atomic E-state index is -0.856. The van der Waals surface area contributed by atoms with E-state index < -0.39 is 5.54 Å². The number of aromatic nitrogens is 1. The van der Waals surface area contributed by atoms with Crippen LogP contribution in [0.25, 0.3) is 0 Å². The third-order valence-corrected chi connectivity index (χ3v) is 5.80. The maximum atomic E-state index is 13.4. The molecule has 1 saturated heterocycles. The first kappa shape index (κ1) is 20.0. The van der Waals surface area contributed by atoms with E-state index in [0.29, 0.717) is 13.0 Å². The van der Waals surface area contributed by atoms with E-state index in [4.69, 9.17) is 4.74 Å². The number of methoxy groups -OCH3 is 1. The van der Waals surface area contributed by atoms with Gasteiger partial charge in [0.15, 0.2) is 0 Å². The first-order valence-corrected chi connectivity index (χ1v) is 9.38. The Morgan fingerprint density at radius 3 is 2.57 bits per heavy atom. The number of benzene rings is 1. The number of carbonyl (C=O) groups is 2. The van der Waals surface area contributed by atoms with Crippen molar-refractivity contribution in [3.63, 3.8) is 0 Å². The van der Waals surface area contributed by atoms with E-state index in [9.17, 15) is 9.59 Å². The van der Waals surface area contributed by atoms with Gasteiger partial charge in [-0.25, -0.2) is 0 Å². The fraction of sp³-hybridized carbons (Fsp3) is 0.409. The first-order valence-electron chi connectivity index (χ1n) is 9.38. The van der Waals surface area contributed by atoms with Gasteiger partial charge >= 0.3 is 5.97 Å². The molecule has 0 spiro atoms. The molecule has 148 valence electrons. The molecular weight excluding hydrogens is 354 g/mol. The van der Waals surface area contributed by atoms with Crippen molar-refractivity contribution < 1.29 is 14.3 Å². The largest absolute Gasteiger partial charge is 0.468 e. The lowest BCUT2D eigenvalue weighted by molar-refractivity contribution is -0.152. The summed E-state index contributed by atoms with van der Waals surface area (Å²) in [6.45, 7) is 2.33. The third-order valence-electron chi connectivity index (χ3n) is 5.80. The predicted molar refractivity (Wildman–Crippen MR) is 106 cm³/mol. The van der Waals surface area contributed by atoms with Crippen LogP contribution in [0.4, 0.5) is 0 Å². The van der Waals surface area contributed by atoms with E-state index >= 15 is 0 Å². The molecule has 3 atom stereocenters. The Labute approximate surface area is 166 Å². The van der Waals surface area contributed by atoms with Crippen LogP contribution in [0.3, 0.4) is 0 Å². The van der Waals surface area contributed by atoms with Crippen molar-refractivity contribution in [2.45, 2.75) is 31.5 Å². The third kappa shape index (κ3) is 3.64. The second-order valence-corrected chi connectivity index (χ2v) is 7.60. The number of likely N-dealkylation sites (tertiary alicyclic amines) is 1. The minimum Gasteiger partial charge on any atom is -0.468 e. The molecule has 0 saturated carbocycles. The lowest BCUT2D eigenvalue weighted by Crippen LogP contribution is -2.47. The molecule has 6 heteroatoms. The van der Waals surface area contributed by atoms with Crippen molar-refractivity contribution in [2.75, 3.05) is 21.2 Å². The summed E-state index contributed by atoms with van der Waals surface area (Å²) in [4.78, 5) is 33.8. The maximum absolute atomic E-state index is 13.4. The van der Waals surface area contributed by atoms with Gasteiger partial charge < -0.3 is 9.64 Å². The predicted octanol–water partition coefficient (Wildman–Crippen LogP) is 2.66. The molecule has 1 aromatic carbocycles. The Morgan fingerprint density at radius 2 is 1.96 bits per heavy atom. The normalized spacial score (nSPS) is 24.7. The Morgan fingerprint density at radius 1 is 1.25 bits per heavy atom. The topological polar surface area (TPSA) is 62.7 Å². The van der Waals surface area contributed by atoms with Gasteiger partial charge in [-0.05, 0) is 37.6 Å². The number of nitrogens with zero attached hydrogens (tertiary/aromatic N) is 3. The summed E-state index contributed by atoms with van der Waals surface area (Å²) in [7, 11) is 5.08. The first-order chi connectivity index (χ1) is 13.4. The van der Waals surface area contributed by atoms with E-state index in [1.807, 2.05) is 61.3 Å². The Hall–Kier alpha value is -2.73. The van der Waals surface area contributed by atoms with Gasteiger partial charge in [0.25, 0.3) is 0 Å². The number of amides is 1. The molecule has 3 rings (SSSR count). The van der Waals surface area contributed by atoms with Crippen molar-refractivity contribution in [1.82, 2.24) is 14.8 Å². The number of carbonyl (C=O) groups excluding carboxylic acids is 2. The van der Waals surface area contributed by atoms with Crippen molar-refractivity contribution in [3.05, 3.63) is 66.0 Å². The van der Waals surface area contributed by atoms with E-state index in [1.54, 1.807) is 24.3 Å². The van der Waals surface area contributed by atoms with Crippen LogP contribution >= 0.6 is 0 Å². The molecule has 0 radical (unpaired) electrons. The molecule has 2 aromatic rings. The van der Waals surface area contributed by atoms with Crippen molar-refractivity contribution in [3.8, 4) is 0 Å². The molecule has 6 nitrogen and oxygen atoms in total.